The Balaban J connectivity index is 1.81. The van der Waals surface area contributed by atoms with Crippen molar-refractivity contribution < 1.29 is 31.9 Å². The number of hydrogen-bond donors (Lipinski definition) is 2. The lowest BCUT2D eigenvalue weighted by molar-refractivity contribution is -0.141. The third-order valence-corrected chi connectivity index (χ3v) is 3.99. The SMILES string of the molecule is CS(=O)(=O)Nc1ccc(C(=O)COC(=O)CNC(=O)c2ccccc2F)cc1. The number of carbonyl (C=O) groups is 3. The largest absolute Gasteiger partial charge is 0.456 e. The van der Waals surface area contributed by atoms with E-state index in [1.807, 2.05) is 0 Å². The highest BCUT2D eigenvalue weighted by Gasteiger charge is 2.14. The number of anilines is 1. The number of nitrogens with one attached hydrogen (secondary N) is 2. The number of amides is 1. The fourth-order valence-electron chi connectivity index (χ4n) is 2.11. The van der Waals surface area contributed by atoms with E-state index in [1.54, 1.807) is 0 Å². The molecule has 0 unspecified atom stereocenters. The van der Waals surface area contributed by atoms with Gasteiger partial charge in [0.25, 0.3) is 5.91 Å². The van der Waals surface area contributed by atoms with Crippen molar-refractivity contribution in [3.8, 4) is 0 Å². The Labute approximate surface area is 160 Å². The average Bonchev–Trinajstić information content (AvgIpc) is 2.64. The summed E-state index contributed by atoms with van der Waals surface area (Å²) in [6.07, 6.45) is 0.997. The molecule has 0 fully saturated rings. The second-order valence-corrected chi connectivity index (χ2v) is 7.45. The van der Waals surface area contributed by atoms with E-state index in [9.17, 15) is 27.2 Å². The molecule has 0 saturated carbocycles. The summed E-state index contributed by atoms with van der Waals surface area (Å²) in [6, 6.07) is 10.8. The van der Waals surface area contributed by atoms with Crippen molar-refractivity contribution in [3.05, 3.63) is 65.5 Å². The molecule has 0 saturated heterocycles. The minimum Gasteiger partial charge on any atom is -0.456 e. The molecule has 0 atom stereocenters. The third kappa shape index (κ3) is 6.47. The van der Waals surface area contributed by atoms with E-state index >= 15 is 0 Å². The highest BCUT2D eigenvalue weighted by atomic mass is 32.2. The summed E-state index contributed by atoms with van der Waals surface area (Å²) in [5, 5.41) is 2.20. The molecule has 28 heavy (non-hydrogen) atoms. The molecule has 0 aliphatic heterocycles. The van der Waals surface area contributed by atoms with Gasteiger partial charge < -0.3 is 10.1 Å². The van der Waals surface area contributed by atoms with Crippen molar-refractivity contribution in [2.24, 2.45) is 0 Å². The monoisotopic (exact) mass is 408 g/mol. The lowest BCUT2D eigenvalue weighted by atomic mass is 10.1. The van der Waals surface area contributed by atoms with Gasteiger partial charge in [0.05, 0.1) is 11.8 Å². The Morgan fingerprint density at radius 2 is 1.68 bits per heavy atom. The highest BCUT2D eigenvalue weighted by molar-refractivity contribution is 7.92. The van der Waals surface area contributed by atoms with Gasteiger partial charge in [0, 0.05) is 11.3 Å². The van der Waals surface area contributed by atoms with Crippen LogP contribution >= 0.6 is 0 Å². The number of esters is 1. The Hall–Kier alpha value is -3.27. The first-order chi connectivity index (χ1) is 13.2. The van der Waals surface area contributed by atoms with Crippen LogP contribution in [0.5, 0.6) is 0 Å². The van der Waals surface area contributed by atoms with Crippen LogP contribution in [0.25, 0.3) is 0 Å². The van der Waals surface area contributed by atoms with Gasteiger partial charge in [-0.25, -0.2) is 12.8 Å². The van der Waals surface area contributed by atoms with Crippen molar-refractivity contribution >= 4 is 33.4 Å². The van der Waals surface area contributed by atoms with Crippen molar-refractivity contribution in [2.45, 2.75) is 0 Å². The molecule has 0 aliphatic carbocycles. The molecule has 2 aromatic carbocycles. The van der Waals surface area contributed by atoms with E-state index < -0.39 is 46.7 Å². The number of rotatable bonds is 8. The normalized spacial score (nSPS) is 10.8. The van der Waals surface area contributed by atoms with Gasteiger partial charge in [0.1, 0.15) is 12.4 Å². The van der Waals surface area contributed by atoms with Gasteiger partial charge in [-0.15, -0.1) is 0 Å². The first-order valence-electron chi connectivity index (χ1n) is 7.95. The highest BCUT2D eigenvalue weighted by Crippen LogP contribution is 2.11. The van der Waals surface area contributed by atoms with E-state index in [-0.39, 0.29) is 16.8 Å². The standard InChI is InChI=1S/C18H17FN2O6S/c1-28(25,26)21-13-8-6-12(7-9-13)16(22)11-27-17(23)10-20-18(24)14-4-2-3-5-15(14)19/h2-9,21H,10-11H2,1H3,(H,20,24). The van der Waals surface area contributed by atoms with Crippen LogP contribution in [-0.4, -0.2) is 45.5 Å². The molecule has 2 rings (SSSR count). The van der Waals surface area contributed by atoms with E-state index in [0.29, 0.717) is 0 Å². The predicted molar refractivity (Wildman–Crippen MR) is 98.9 cm³/mol. The fraction of sp³-hybridized carbons (Fsp3) is 0.167. The van der Waals surface area contributed by atoms with E-state index in [0.717, 1.165) is 12.3 Å². The molecule has 148 valence electrons. The van der Waals surface area contributed by atoms with E-state index in [2.05, 4.69) is 10.0 Å². The number of ether oxygens (including phenoxy) is 1. The number of halogens is 1. The van der Waals surface area contributed by atoms with Gasteiger partial charge >= 0.3 is 5.97 Å². The molecule has 0 radical (unpaired) electrons. The van der Waals surface area contributed by atoms with Crippen LogP contribution < -0.4 is 10.0 Å². The van der Waals surface area contributed by atoms with Gasteiger partial charge in [-0.1, -0.05) is 12.1 Å². The lowest BCUT2D eigenvalue weighted by Gasteiger charge is -2.08. The molecule has 2 N–H and O–H groups in total. The molecular weight excluding hydrogens is 391 g/mol. The van der Waals surface area contributed by atoms with Crippen LogP contribution in [0.15, 0.2) is 48.5 Å². The molecule has 0 bridgehead atoms. The number of hydrogen-bond acceptors (Lipinski definition) is 6. The average molecular weight is 408 g/mol. The summed E-state index contributed by atoms with van der Waals surface area (Å²) in [5.74, 6) is -2.89. The Morgan fingerprint density at radius 3 is 2.29 bits per heavy atom. The van der Waals surface area contributed by atoms with Crippen LogP contribution in [0.2, 0.25) is 0 Å². The van der Waals surface area contributed by atoms with Crippen LogP contribution in [0.3, 0.4) is 0 Å². The molecule has 0 aliphatic rings. The number of benzene rings is 2. The topological polar surface area (TPSA) is 119 Å². The second kappa shape index (κ2) is 9.09. The minimum atomic E-state index is -3.43. The van der Waals surface area contributed by atoms with Crippen molar-refractivity contribution in [1.82, 2.24) is 5.32 Å². The lowest BCUT2D eigenvalue weighted by Crippen LogP contribution is -2.32. The van der Waals surface area contributed by atoms with Crippen molar-refractivity contribution in [1.29, 1.82) is 0 Å². The molecule has 0 spiro atoms. The molecular formula is C18H17FN2O6S. The Kier molecular flexibility index (Phi) is 6.83. The number of Topliss-reactive ketones (excluding diaryl/α,β-unsaturated/α-hetero) is 1. The summed E-state index contributed by atoms with van der Waals surface area (Å²) in [6.45, 7) is -1.09. The summed E-state index contributed by atoms with van der Waals surface area (Å²) in [4.78, 5) is 35.4. The molecule has 1 amide bonds. The maximum atomic E-state index is 13.5. The van der Waals surface area contributed by atoms with Gasteiger partial charge in [0.2, 0.25) is 10.0 Å². The van der Waals surface area contributed by atoms with Gasteiger partial charge in [-0.2, -0.15) is 0 Å². The summed E-state index contributed by atoms with van der Waals surface area (Å²) in [5.41, 5.74) is 0.281. The van der Waals surface area contributed by atoms with Crippen molar-refractivity contribution in [2.75, 3.05) is 24.1 Å². The first-order valence-corrected chi connectivity index (χ1v) is 9.84. The van der Waals surface area contributed by atoms with E-state index in [1.165, 1.54) is 42.5 Å². The van der Waals surface area contributed by atoms with E-state index in [4.69, 9.17) is 4.74 Å². The summed E-state index contributed by atoms with van der Waals surface area (Å²) in [7, 11) is -3.43. The molecule has 0 heterocycles. The van der Waals surface area contributed by atoms with Gasteiger partial charge in [0.15, 0.2) is 12.4 Å². The van der Waals surface area contributed by atoms with Crippen LogP contribution in [0, 0.1) is 5.82 Å². The predicted octanol–water partition coefficient (Wildman–Crippen LogP) is 1.35. The van der Waals surface area contributed by atoms with Crippen LogP contribution in [0.4, 0.5) is 10.1 Å². The summed E-state index contributed by atoms with van der Waals surface area (Å²) < 4.78 is 42.8. The third-order valence-electron chi connectivity index (χ3n) is 3.39. The van der Waals surface area contributed by atoms with Gasteiger partial charge in [-0.3, -0.25) is 19.1 Å². The fourth-order valence-corrected chi connectivity index (χ4v) is 2.68. The zero-order valence-corrected chi connectivity index (χ0v) is 15.6. The first kappa shape index (κ1) is 21.0. The van der Waals surface area contributed by atoms with Crippen molar-refractivity contribution in [3.63, 3.8) is 0 Å². The van der Waals surface area contributed by atoms with Gasteiger partial charge in [-0.05, 0) is 36.4 Å². The maximum absolute atomic E-state index is 13.5. The Bertz CT molecular complexity index is 989. The quantitative estimate of drug-likeness (QED) is 0.503. The second-order valence-electron chi connectivity index (χ2n) is 5.70. The zero-order chi connectivity index (χ0) is 20.7. The maximum Gasteiger partial charge on any atom is 0.325 e. The molecule has 8 nitrogen and oxygen atoms in total. The smallest absolute Gasteiger partial charge is 0.325 e. The Morgan fingerprint density at radius 1 is 1.04 bits per heavy atom. The number of carbonyl (C=O) groups excluding carboxylic acids is 3. The molecule has 10 heteroatoms. The minimum absolute atomic E-state index is 0.210. The number of sulfonamides is 1. The number of ketones is 1. The van der Waals surface area contributed by atoms with Crippen LogP contribution in [-0.2, 0) is 19.6 Å². The molecule has 2 aromatic rings. The summed E-state index contributed by atoms with van der Waals surface area (Å²) >= 11 is 0. The van der Waals surface area contributed by atoms with Crippen LogP contribution in [0.1, 0.15) is 20.7 Å². The zero-order valence-electron chi connectivity index (χ0n) is 14.8. The molecule has 0 aromatic heterocycles.